The molecule has 0 saturated heterocycles. The van der Waals surface area contributed by atoms with Gasteiger partial charge in [0.25, 0.3) is 5.91 Å². The molecule has 0 aliphatic rings. The quantitative estimate of drug-likeness (QED) is 0.265. The van der Waals surface area contributed by atoms with Crippen LogP contribution in [0.4, 0.5) is 5.13 Å². The topological polar surface area (TPSA) is 176 Å². The second kappa shape index (κ2) is 11.9. The summed E-state index contributed by atoms with van der Waals surface area (Å²) in [6, 6.07) is 13.9. The minimum Gasteiger partial charge on any atom is -0.487 e. The maximum absolute atomic E-state index is 12.7. The van der Waals surface area contributed by atoms with E-state index in [0.29, 0.717) is 11.4 Å². The summed E-state index contributed by atoms with van der Waals surface area (Å²) >= 11 is 0.943. The molecule has 12 heteroatoms. The zero-order chi connectivity index (χ0) is 26.1. The maximum Gasteiger partial charge on any atom is 0.315 e. The van der Waals surface area contributed by atoms with Crippen LogP contribution in [0, 0.1) is 0 Å². The number of ether oxygens (including phenoxy) is 1. The number of rotatable bonds is 13. The fourth-order valence-corrected chi connectivity index (χ4v) is 4.22. The van der Waals surface area contributed by atoms with Crippen LogP contribution in [0.5, 0.6) is 5.75 Å². The average molecular weight is 514 g/mol. The first-order valence-corrected chi connectivity index (χ1v) is 11.7. The zero-order valence-electron chi connectivity index (χ0n) is 18.9. The molecular formula is C24H23N3O8S. The summed E-state index contributed by atoms with van der Waals surface area (Å²) < 4.78 is 5.64. The lowest BCUT2D eigenvalue weighted by Gasteiger charge is -2.26. The number of benzene rings is 1. The van der Waals surface area contributed by atoms with Gasteiger partial charge in [-0.15, -0.1) is 11.3 Å². The van der Waals surface area contributed by atoms with E-state index in [0.717, 1.165) is 11.3 Å². The molecule has 3 rings (SSSR count). The van der Waals surface area contributed by atoms with Crippen LogP contribution in [-0.4, -0.2) is 49.1 Å². The molecule has 2 heterocycles. The van der Waals surface area contributed by atoms with Crippen molar-refractivity contribution in [1.82, 2.24) is 9.97 Å². The Bertz CT molecular complexity index is 1230. The van der Waals surface area contributed by atoms with Crippen LogP contribution in [0.15, 0.2) is 53.9 Å². The summed E-state index contributed by atoms with van der Waals surface area (Å²) in [4.78, 5) is 55.6. The van der Waals surface area contributed by atoms with E-state index >= 15 is 0 Å². The highest BCUT2D eigenvalue weighted by Crippen LogP contribution is 2.37. The summed E-state index contributed by atoms with van der Waals surface area (Å²) in [6.45, 7) is 0.140. The highest BCUT2D eigenvalue weighted by Gasteiger charge is 2.43. The van der Waals surface area contributed by atoms with Crippen molar-refractivity contribution in [3.63, 3.8) is 0 Å². The molecule has 11 nitrogen and oxygen atoms in total. The van der Waals surface area contributed by atoms with Crippen LogP contribution in [-0.2, 0) is 26.4 Å². The van der Waals surface area contributed by atoms with E-state index in [1.54, 1.807) is 24.3 Å². The van der Waals surface area contributed by atoms with E-state index in [1.165, 1.54) is 11.4 Å². The third-order valence-corrected chi connectivity index (χ3v) is 6.08. The Hall–Kier alpha value is -4.32. The Morgan fingerprint density at radius 2 is 1.56 bits per heavy atom. The van der Waals surface area contributed by atoms with Crippen molar-refractivity contribution in [3.05, 3.63) is 71.0 Å². The molecule has 1 amide bonds. The number of thiazole rings is 1. The summed E-state index contributed by atoms with van der Waals surface area (Å²) in [6.07, 6.45) is -1.69. The minimum absolute atomic E-state index is 0.0178. The predicted molar refractivity (Wildman–Crippen MR) is 128 cm³/mol. The Labute approximate surface area is 209 Å². The van der Waals surface area contributed by atoms with E-state index in [4.69, 9.17) is 14.9 Å². The number of anilines is 1. The molecule has 3 aromatic rings. The van der Waals surface area contributed by atoms with Crippen molar-refractivity contribution >= 4 is 40.3 Å². The van der Waals surface area contributed by atoms with Crippen LogP contribution >= 0.6 is 11.3 Å². The van der Waals surface area contributed by atoms with Crippen molar-refractivity contribution in [2.45, 2.75) is 37.7 Å². The molecule has 0 saturated carbocycles. The smallest absolute Gasteiger partial charge is 0.315 e. The van der Waals surface area contributed by atoms with Crippen LogP contribution in [0.1, 0.15) is 47.6 Å². The van der Waals surface area contributed by atoms with Gasteiger partial charge in [-0.05, 0) is 37.1 Å². The number of carboxylic acids is 3. The number of hydrogen-bond acceptors (Lipinski definition) is 8. The number of aromatic nitrogens is 2. The molecule has 0 fully saturated rings. The molecule has 4 N–H and O–H groups in total. The molecule has 0 atom stereocenters. The number of nitrogens with zero attached hydrogens (tertiary/aromatic N) is 2. The first kappa shape index (κ1) is 26.3. The van der Waals surface area contributed by atoms with Crippen LogP contribution in [0.2, 0.25) is 0 Å². The van der Waals surface area contributed by atoms with Gasteiger partial charge in [0.05, 0.1) is 11.4 Å². The number of carbonyl (C=O) groups is 4. The SMILES string of the molecule is O=C(O)CCC(CCC(=O)O)(C(=O)O)c1csc(NC(=O)c2cccc(COc3ccccc3)n2)n1. The molecule has 2 aromatic heterocycles. The Balaban J connectivity index is 1.75. The third-order valence-electron chi connectivity index (χ3n) is 5.32. The van der Waals surface area contributed by atoms with Gasteiger partial charge in [0.15, 0.2) is 5.13 Å². The Morgan fingerprint density at radius 3 is 2.17 bits per heavy atom. The number of nitrogens with one attached hydrogen (secondary N) is 1. The second-order valence-electron chi connectivity index (χ2n) is 7.78. The Kier molecular flexibility index (Phi) is 8.68. The molecule has 1 aromatic carbocycles. The molecular weight excluding hydrogens is 490 g/mol. The van der Waals surface area contributed by atoms with E-state index in [1.807, 2.05) is 18.2 Å². The Morgan fingerprint density at radius 1 is 0.889 bits per heavy atom. The highest BCUT2D eigenvalue weighted by atomic mass is 32.1. The van der Waals surface area contributed by atoms with Crippen molar-refractivity contribution in [1.29, 1.82) is 0 Å². The van der Waals surface area contributed by atoms with Gasteiger partial charge in [-0.25, -0.2) is 9.97 Å². The fourth-order valence-electron chi connectivity index (χ4n) is 3.42. The van der Waals surface area contributed by atoms with Gasteiger partial charge in [0.1, 0.15) is 23.5 Å². The molecule has 0 unspecified atom stereocenters. The van der Waals surface area contributed by atoms with E-state index in [-0.39, 0.29) is 36.0 Å². The van der Waals surface area contributed by atoms with Gasteiger partial charge < -0.3 is 20.1 Å². The van der Waals surface area contributed by atoms with Crippen LogP contribution < -0.4 is 10.1 Å². The maximum atomic E-state index is 12.7. The lowest BCUT2D eigenvalue weighted by Crippen LogP contribution is -2.37. The minimum atomic E-state index is -1.83. The second-order valence-corrected chi connectivity index (χ2v) is 8.64. The number of amides is 1. The number of carboxylic acid groups (broad SMARTS) is 3. The van der Waals surface area contributed by atoms with Crippen molar-refractivity contribution in [3.8, 4) is 5.75 Å². The van der Waals surface area contributed by atoms with Crippen molar-refractivity contribution < 1.29 is 39.2 Å². The molecule has 0 bridgehead atoms. The predicted octanol–water partition coefficient (Wildman–Crippen LogP) is 3.42. The van der Waals surface area contributed by atoms with Gasteiger partial charge in [0, 0.05) is 18.2 Å². The summed E-state index contributed by atoms with van der Waals surface area (Å²) in [5.41, 5.74) is -1.25. The van der Waals surface area contributed by atoms with Gasteiger partial charge in [0.2, 0.25) is 0 Å². The van der Waals surface area contributed by atoms with E-state index < -0.39 is 42.1 Å². The van der Waals surface area contributed by atoms with Gasteiger partial charge in [-0.1, -0.05) is 24.3 Å². The van der Waals surface area contributed by atoms with E-state index in [9.17, 15) is 24.3 Å². The highest BCUT2D eigenvalue weighted by molar-refractivity contribution is 7.14. The lowest BCUT2D eigenvalue weighted by atomic mass is 9.76. The number of para-hydroxylation sites is 1. The lowest BCUT2D eigenvalue weighted by molar-refractivity contribution is -0.146. The number of carbonyl (C=O) groups excluding carboxylic acids is 1. The monoisotopic (exact) mass is 513 g/mol. The molecule has 0 aliphatic heterocycles. The first-order chi connectivity index (χ1) is 17.2. The standard InChI is InChI=1S/C24H23N3O8S/c28-19(29)9-11-24(22(33)34,12-10-20(30)31)18-14-36-23(26-18)27-21(32)17-8-4-5-15(25-17)13-35-16-6-2-1-3-7-16/h1-8,14H,9-13H2,(H,28,29)(H,30,31)(H,33,34)(H,26,27,32). The molecule has 0 spiro atoms. The number of hydrogen-bond donors (Lipinski definition) is 4. The van der Waals surface area contributed by atoms with Gasteiger partial charge in [-0.3, -0.25) is 24.5 Å². The van der Waals surface area contributed by atoms with Gasteiger partial charge in [-0.2, -0.15) is 0 Å². The number of pyridine rings is 1. The summed E-state index contributed by atoms with van der Waals surface area (Å²) in [7, 11) is 0. The average Bonchev–Trinajstić information content (AvgIpc) is 3.32. The molecule has 0 aliphatic carbocycles. The van der Waals surface area contributed by atoms with E-state index in [2.05, 4.69) is 15.3 Å². The summed E-state index contributed by atoms with van der Waals surface area (Å²) in [5, 5.41) is 32.0. The fraction of sp³-hybridized carbons (Fsp3) is 0.250. The molecule has 0 radical (unpaired) electrons. The van der Waals surface area contributed by atoms with Crippen molar-refractivity contribution in [2.75, 3.05) is 5.32 Å². The zero-order valence-corrected chi connectivity index (χ0v) is 19.7. The van der Waals surface area contributed by atoms with Crippen molar-refractivity contribution in [2.24, 2.45) is 0 Å². The normalized spacial score (nSPS) is 11.0. The largest absolute Gasteiger partial charge is 0.487 e. The molecule has 188 valence electrons. The summed E-state index contributed by atoms with van der Waals surface area (Å²) in [5.74, 6) is -3.77. The molecule has 36 heavy (non-hydrogen) atoms. The van der Waals surface area contributed by atoms with Crippen LogP contribution in [0.3, 0.4) is 0 Å². The third kappa shape index (κ3) is 6.85. The van der Waals surface area contributed by atoms with Gasteiger partial charge >= 0.3 is 17.9 Å². The van der Waals surface area contributed by atoms with Crippen LogP contribution in [0.25, 0.3) is 0 Å². The number of aliphatic carboxylic acids is 3. The first-order valence-electron chi connectivity index (χ1n) is 10.8.